The average Bonchev–Trinajstić information content (AvgIpc) is 2.31. The number of carbonyl (C=O) groups excluding carboxylic acids is 1. The molecule has 0 heterocycles. The van der Waals surface area contributed by atoms with E-state index in [4.69, 9.17) is 4.74 Å². The maximum absolute atomic E-state index is 11.6. The van der Waals surface area contributed by atoms with Gasteiger partial charge in [0.05, 0.1) is 0 Å². The predicted molar refractivity (Wildman–Crippen MR) is 66.9 cm³/mol. The van der Waals surface area contributed by atoms with Gasteiger partial charge in [-0.1, -0.05) is 37.5 Å². The molecule has 2 rings (SSSR count). The Morgan fingerprint density at radius 1 is 1.12 bits per heavy atom. The van der Waals surface area contributed by atoms with E-state index in [9.17, 15) is 4.79 Å². The Balaban J connectivity index is 1.80. The van der Waals surface area contributed by atoms with Crippen LogP contribution in [0.25, 0.3) is 0 Å². The van der Waals surface area contributed by atoms with Gasteiger partial charge in [-0.2, -0.15) is 0 Å². The third kappa shape index (κ3) is 3.56. The highest BCUT2D eigenvalue weighted by atomic mass is 32.2. The van der Waals surface area contributed by atoms with Crippen LogP contribution < -0.4 is 4.74 Å². The molecule has 0 aliphatic heterocycles. The fourth-order valence-electron chi connectivity index (χ4n) is 1.93. The summed E-state index contributed by atoms with van der Waals surface area (Å²) < 4.78 is 5.24. The first-order valence-corrected chi connectivity index (χ1v) is 6.66. The molecule has 2 nitrogen and oxygen atoms in total. The molecule has 0 amide bonds. The Morgan fingerprint density at radius 3 is 2.50 bits per heavy atom. The van der Waals surface area contributed by atoms with Crippen molar-refractivity contribution in [3.63, 3.8) is 0 Å². The van der Waals surface area contributed by atoms with E-state index in [1.54, 1.807) is 12.1 Å². The van der Waals surface area contributed by atoms with Crippen molar-refractivity contribution in [1.82, 2.24) is 0 Å². The minimum absolute atomic E-state index is 0.168. The SMILES string of the molecule is O=C(Oc1ccccc1)SC1CCCCC1. The molecule has 1 aromatic rings. The van der Waals surface area contributed by atoms with Crippen LogP contribution in [0.3, 0.4) is 0 Å². The molecule has 1 aromatic carbocycles. The number of thioether (sulfide) groups is 1. The number of benzene rings is 1. The zero-order valence-electron chi connectivity index (χ0n) is 9.22. The van der Waals surface area contributed by atoms with E-state index in [-0.39, 0.29) is 5.30 Å². The van der Waals surface area contributed by atoms with E-state index in [1.165, 1.54) is 31.0 Å². The van der Waals surface area contributed by atoms with Crippen molar-refractivity contribution in [2.24, 2.45) is 0 Å². The number of carbonyl (C=O) groups is 1. The maximum Gasteiger partial charge on any atom is 0.372 e. The molecule has 86 valence electrons. The molecule has 0 atom stereocenters. The second-order valence-electron chi connectivity index (χ2n) is 4.04. The minimum atomic E-state index is -0.168. The van der Waals surface area contributed by atoms with Crippen molar-refractivity contribution in [2.45, 2.75) is 37.4 Å². The Morgan fingerprint density at radius 2 is 1.81 bits per heavy atom. The minimum Gasteiger partial charge on any atom is -0.418 e. The summed E-state index contributed by atoms with van der Waals surface area (Å²) in [6.45, 7) is 0. The van der Waals surface area contributed by atoms with Crippen LogP contribution in [-0.2, 0) is 0 Å². The highest BCUT2D eigenvalue weighted by molar-refractivity contribution is 8.13. The molecule has 16 heavy (non-hydrogen) atoms. The Hall–Kier alpha value is -0.960. The normalized spacial score (nSPS) is 17.0. The van der Waals surface area contributed by atoms with E-state index >= 15 is 0 Å². The zero-order chi connectivity index (χ0) is 11.2. The van der Waals surface area contributed by atoms with Crippen molar-refractivity contribution in [1.29, 1.82) is 0 Å². The molecule has 1 fully saturated rings. The van der Waals surface area contributed by atoms with Crippen molar-refractivity contribution in [3.8, 4) is 5.75 Å². The highest BCUT2D eigenvalue weighted by Gasteiger charge is 2.18. The second kappa shape index (κ2) is 5.94. The lowest BCUT2D eigenvalue weighted by Crippen LogP contribution is -2.13. The fraction of sp³-hybridized carbons (Fsp3) is 0.462. The van der Waals surface area contributed by atoms with Crippen LogP contribution in [0.1, 0.15) is 32.1 Å². The van der Waals surface area contributed by atoms with Gasteiger partial charge in [0, 0.05) is 5.25 Å². The zero-order valence-corrected chi connectivity index (χ0v) is 10.0. The smallest absolute Gasteiger partial charge is 0.372 e. The summed E-state index contributed by atoms with van der Waals surface area (Å²) in [5.41, 5.74) is 0. The van der Waals surface area contributed by atoms with Crippen LogP contribution in [0.15, 0.2) is 30.3 Å². The van der Waals surface area contributed by atoms with Crippen LogP contribution >= 0.6 is 11.8 Å². The van der Waals surface area contributed by atoms with E-state index in [0.717, 1.165) is 12.8 Å². The van der Waals surface area contributed by atoms with Crippen molar-refractivity contribution in [2.75, 3.05) is 0 Å². The molecular weight excluding hydrogens is 220 g/mol. The third-order valence-corrected chi connectivity index (χ3v) is 3.84. The van der Waals surface area contributed by atoms with E-state index in [1.807, 2.05) is 18.2 Å². The van der Waals surface area contributed by atoms with E-state index < -0.39 is 0 Å². The Bertz CT molecular complexity index is 331. The van der Waals surface area contributed by atoms with Gasteiger partial charge in [-0.25, -0.2) is 4.79 Å². The molecule has 1 saturated carbocycles. The average molecular weight is 236 g/mol. The number of ether oxygens (including phenoxy) is 1. The van der Waals surface area contributed by atoms with Gasteiger partial charge in [0.25, 0.3) is 0 Å². The standard InChI is InChI=1S/C13H16O2S/c14-13(15-11-7-3-1-4-8-11)16-12-9-5-2-6-10-12/h1,3-4,7-8,12H,2,5-6,9-10H2. The number of para-hydroxylation sites is 1. The molecule has 0 radical (unpaired) electrons. The van der Waals surface area contributed by atoms with Crippen molar-refractivity contribution in [3.05, 3.63) is 30.3 Å². The number of hydrogen-bond donors (Lipinski definition) is 0. The lowest BCUT2D eigenvalue weighted by Gasteiger charge is -2.19. The molecule has 0 unspecified atom stereocenters. The lowest BCUT2D eigenvalue weighted by molar-refractivity contribution is 0.227. The molecule has 0 N–H and O–H groups in total. The van der Waals surface area contributed by atoms with E-state index in [0.29, 0.717) is 11.0 Å². The van der Waals surface area contributed by atoms with Crippen molar-refractivity contribution < 1.29 is 9.53 Å². The van der Waals surface area contributed by atoms with Gasteiger partial charge in [-0.3, -0.25) is 0 Å². The fourth-order valence-corrected chi connectivity index (χ4v) is 2.91. The van der Waals surface area contributed by atoms with Gasteiger partial charge >= 0.3 is 5.30 Å². The predicted octanol–water partition coefficient (Wildman–Crippen LogP) is 4.25. The number of rotatable bonds is 2. The molecule has 1 aliphatic carbocycles. The summed E-state index contributed by atoms with van der Waals surface area (Å²) in [7, 11) is 0. The largest absolute Gasteiger partial charge is 0.418 e. The highest BCUT2D eigenvalue weighted by Crippen LogP contribution is 2.29. The first-order valence-electron chi connectivity index (χ1n) is 5.78. The van der Waals surface area contributed by atoms with Crippen molar-refractivity contribution >= 4 is 17.1 Å². The van der Waals surface area contributed by atoms with Crippen LogP contribution in [0, 0.1) is 0 Å². The molecule has 1 aliphatic rings. The Labute approximate surface area is 100 Å². The third-order valence-electron chi connectivity index (χ3n) is 2.76. The van der Waals surface area contributed by atoms with Gasteiger partial charge in [-0.15, -0.1) is 0 Å². The molecule has 0 bridgehead atoms. The lowest BCUT2D eigenvalue weighted by atomic mass is 10.0. The molecule has 0 saturated heterocycles. The first-order chi connectivity index (χ1) is 7.84. The van der Waals surface area contributed by atoms with Gasteiger partial charge in [0.2, 0.25) is 0 Å². The van der Waals surface area contributed by atoms with Crippen LogP contribution in [0.5, 0.6) is 5.75 Å². The summed E-state index contributed by atoms with van der Waals surface area (Å²) in [5, 5.41) is 0.295. The summed E-state index contributed by atoms with van der Waals surface area (Å²) in [4.78, 5) is 11.6. The molecule has 3 heteroatoms. The summed E-state index contributed by atoms with van der Waals surface area (Å²) in [6, 6.07) is 9.26. The van der Waals surface area contributed by atoms with Gasteiger partial charge in [0.1, 0.15) is 5.75 Å². The first kappa shape index (κ1) is 11.5. The summed E-state index contributed by atoms with van der Waals surface area (Å²) in [6.07, 6.45) is 6.10. The summed E-state index contributed by atoms with van der Waals surface area (Å²) >= 11 is 1.35. The van der Waals surface area contributed by atoms with Crippen LogP contribution in [0.4, 0.5) is 4.79 Å². The molecule has 0 spiro atoms. The van der Waals surface area contributed by atoms with Crippen LogP contribution in [0.2, 0.25) is 0 Å². The number of hydrogen-bond acceptors (Lipinski definition) is 3. The monoisotopic (exact) mass is 236 g/mol. The molecule has 0 aromatic heterocycles. The van der Waals surface area contributed by atoms with Gasteiger partial charge in [0.15, 0.2) is 0 Å². The maximum atomic E-state index is 11.6. The topological polar surface area (TPSA) is 26.3 Å². The summed E-state index contributed by atoms with van der Waals surface area (Å²) in [5.74, 6) is 0.635. The van der Waals surface area contributed by atoms with Gasteiger partial charge in [-0.05, 0) is 36.7 Å². The Kier molecular flexibility index (Phi) is 4.28. The van der Waals surface area contributed by atoms with Crippen LogP contribution in [-0.4, -0.2) is 10.6 Å². The van der Waals surface area contributed by atoms with E-state index in [2.05, 4.69) is 0 Å². The second-order valence-corrected chi connectivity index (χ2v) is 5.28. The molecular formula is C13H16O2S. The quantitative estimate of drug-likeness (QED) is 0.718. The van der Waals surface area contributed by atoms with Gasteiger partial charge < -0.3 is 4.74 Å².